The van der Waals surface area contributed by atoms with Crippen LogP contribution < -0.4 is 0 Å². The van der Waals surface area contributed by atoms with Crippen LogP contribution in [-0.2, 0) is 0 Å². The zero-order valence-corrected chi connectivity index (χ0v) is 16.1. The standard InChI is InChI=1S/C21H35P/c1-4-7-13-18(14-8-5-2)20(17-9-6-3)21(22)19-15-11-10-12-16-19/h10-12,15-16,21H,4-9,13-14,17,22H2,1-3H3. The van der Waals surface area contributed by atoms with Crippen LogP contribution in [0.4, 0.5) is 0 Å². The zero-order chi connectivity index (χ0) is 16.2. The first-order valence-corrected chi connectivity index (χ1v) is 9.92. The Kier molecular flexibility index (Phi) is 10.5. The lowest BCUT2D eigenvalue weighted by Gasteiger charge is -2.22. The van der Waals surface area contributed by atoms with Gasteiger partial charge in [0.2, 0.25) is 0 Å². The molecule has 0 aliphatic carbocycles. The van der Waals surface area contributed by atoms with Gasteiger partial charge in [0.15, 0.2) is 0 Å². The second-order valence-corrected chi connectivity index (χ2v) is 6.99. The molecule has 0 N–H and O–H groups in total. The molecule has 0 heterocycles. The third kappa shape index (κ3) is 6.66. The van der Waals surface area contributed by atoms with Crippen molar-refractivity contribution in [3.63, 3.8) is 0 Å². The summed E-state index contributed by atoms with van der Waals surface area (Å²) in [6.07, 6.45) is 11.7. The van der Waals surface area contributed by atoms with E-state index in [9.17, 15) is 0 Å². The van der Waals surface area contributed by atoms with Gasteiger partial charge in [-0.05, 0) is 44.1 Å². The summed E-state index contributed by atoms with van der Waals surface area (Å²) in [4.78, 5) is 0. The van der Waals surface area contributed by atoms with Crippen molar-refractivity contribution < 1.29 is 0 Å². The third-order valence-corrected chi connectivity index (χ3v) is 5.24. The van der Waals surface area contributed by atoms with Crippen molar-refractivity contribution in [2.45, 2.75) is 84.2 Å². The fourth-order valence-corrected chi connectivity index (χ4v) is 3.63. The van der Waals surface area contributed by atoms with E-state index in [1.54, 1.807) is 11.1 Å². The van der Waals surface area contributed by atoms with Crippen molar-refractivity contribution in [3.8, 4) is 0 Å². The van der Waals surface area contributed by atoms with Gasteiger partial charge in [-0.3, -0.25) is 0 Å². The minimum atomic E-state index is 0.497. The van der Waals surface area contributed by atoms with Gasteiger partial charge in [0.05, 0.1) is 0 Å². The zero-order valence-electron chi connectivity index (χ0n) is 14.9. The summed E-state index contributed by atoms with van der Waals surface area (Å²) in [6, 6.07) is 11.0. The Bertz CT molecular complexity index is 409. The van der Waals surface area contributed by atoms with E-state index < -0.39 is 0 Å². The van der Waals surface area contributed by atoms with Crippen LogP contribution in [-0.4, -0.2) is 0 Å². The lowest BCUT2D eigenvalue weighted by molar-refractivity contribution is 0.677. The van der Waals surface area contributed by atoms with Gasteiger partial charge >= 0.3 is 0 Å². The molecule has 1 aromatic carbocycles. The minimum absolute atomic E-state index is 0.497. The van der Waals surface area contributed by atoms with Crippen LogP contribution in [0, 0.1) is 0 Å². The quantitative estimate of drug-likeness (QED) is 0.293. The maximum atomic E-state index is 3.12. The van der Waals surface area contributed by atoms with E-state index in [0.717, 1.165) is 0 Å². The van der Waals surface area contributed by atoms with Gasteiger partial charge in [0, 0.05) is 5.66 Å². The summed E-state index contributed by atoms with van der Waals surface area (Å²) in [5.74, 6) is 0. The number of allylic oxidation sites excluding steroid dienone is 2. The molecule has 0 amide bonds. The summed E-state index contributed by atoms with van der Waals surface area (Å²) in [5.41, 5.74) is 5.40. The number of hydrogen-bond donors (Lipinski definition) is 0. The normalized spacial score (nSPS) is 12.2. The van der Waals surface area contributed by atoms with Crippen LogP contribution in [0.2, 0.25) is 0 Å². The molecule has 0 bridgehead atoms. The van der Waals surface area contributed by atoms with E-state index in [0.29, 0.717) is 5.66 Å². The summed E-state index contributed by atoms with van der Waals surface area (Å²) in [5, 5.41) is 0. The Hall–Kier alpha value is -0.610. The molecule has 0 radical (unpaired) electrons. The molecule has 0 aliphatic rings. The van der Waals surface area contributed by atoms with Gasteiger partial charge < -0.3 is 0 Å². The summed E-state index contributed by atoms with van der Waals surface area (Å²) in [6.45, 7) is 6.91. The predicted molar refractivity (Wildman–Crippen MR) is 104 cm³/mol. The first-order valence-electron chi connectivity index (χ1n) is 9.25. The number of hydrogen-bond acceptors (Lipinski definition) is 0. The third-order valence-electron chi connectivity index (χ3n) is 4.45. The fraction of sp³-hybridized carbons (Fsp3) is 0.619. The van der Waals surface area contributed by atoms with E-state index in [1.807, 2.05) is 0 Å². The predicted octanol–water partition coefficient (Wildman–Crippen LogP) is 7.47. The first kappa shape index (κ1) is 19.4. The Morgan fingerprint density at radius 3 is 1.82 bits per heavy atom. The van der Waals surface area contributed by atoms with E-state index in [2.05, 4.69) is 60.3 Å². The molecule has 0 aliphatic heterocycles. The highest BCUT2D eigenvalue weighted by atomic mass is 31.0. The maximum absolute atomic E-state index is 3.12. The molecule has 0 fully saturated rings. The molecule has 124 valence electrons. The monoisotopic (exact) mass is 318 g/mol. The summed E-state index contributed by atoms with van der Waals surface area (Å²) < 4.78 is 0. The van der Waals surface area contributed by atoms with Crippen molar-refractivity contribution in [1.82, 2.24) is 0 Å². The van der Waals surface area contributed by atoms with E-state index >= 15 is 0 Å². The van der Waals surface area contributed by atoms with Crippen LogP contribution in [0.1, 0.15) is 89.8 Å². The molecule has 1 heteroatoms. The molecule has 1 rings (SSSR count). The van der Waals surface area contributed by atoms with Crippen molar-refractivity contribution in [1.29, 1.82) is 0 Å². The molecule has 0 aromatic heterocycles. The van der Waals surface area contributed by atoms with Crippen molar-refractivity contribution >= 4 is 9.24 Å². The molecule has 0 saturated heterocycles. The molecule has 0 nitrogen and oxygen atoms in total. The molecule has 2 unspecified atom stereocenters. The highest BCUT2D eigenvalue weighted by Gasteiger charge is 2.15. The Morgan fingerprint density at radius 2 is 1.32 bits per heavy atom. The van der Waals surface area contributed by atoms with Crippen molar-refractivity contribution in [3.05, 3.63) is 47.0 Å². The second-order valence-electron chi connectivity index (χ2n) is 6.33. The summed E-state index contributed by atoms with van der Waals surface area (Å²) >= 11 is 0. The lowest BCUT2D eigenvalue weighted by Crippen LogP contribution is -2.02. The Labute approximate surface area is 141 Å². The molecule has 0 saturated carbocycles. The number of benzene rings is 1. The molecule has 2 atom stereocenters. The van der Waals surface area contributed by atoms with Crippen LogP contribution in [0.5, 0.6) is 0 Å². The van der Waals surface area contributed by atoms with Gasteiger partial charge in [-0.2, -0.15) is 0 Å². The first-order chi connectivity index (χ1) is 10.7. The fourth-order valence-electron chi connectivity index (χ4n) is 3.01. The van der Waals surface area contributed by atoms with Gasteiger partial charge in [0.1, 0.15) is 0 Å². The topological polar surface area (TPSA) is 0 Å². The maximum Gasteiger partial charge on any atom is 0.0195 e. The van der Waals surface area contributed by atoms with Gasteiger partial charge in [0.25, 0.3) is 0 Å². The van der Waals surface area contributed by atoms with Crippen molar-refractivity contribution in [2.75, 3.05) is 0 Å². The average molecular weight is 318 g/mol. The Balaban J connectivity index is 3.04. The number of rotatable bonds is 11. The SMILES string of the molecule is CCCCC(CCCC)=C(CCCC)C(P)c1ccccc1. The van der Waals surface area contributed by atoms with E-state index in [-0.39, 0.29) is 0 Å². The van der Waals surface area contributed by atoms with Gasteiger partial charge in [-0.1, -0.05) is 81.5 Å². The largest absolute Gasteiger partial charge is 0.125 e. The number of unbranched alkanes of at least 4 members (excludes halogenated alkanes) is 3. The minimum Gasteiger partial charge on any atom is -0.125 e. The van der Waals surface area contributed by atoms with Crippen LogP contribution in [0.3, 0.4) is 0 Å². The molecular formula is C21H35P. The van der Waals surface area contributed by atoms with Gasteiger partial charge in [-0.15, -0.1) is 9.24 Å². The van der Waals surface area contributed by atoms with Gasteiger partial charge in [-0.25, -0.2) is 0 Å². The summed E-state index contributed by atoms with van der Waals surface area (Å²) in [7, 11) is 3.12. The smallest absolute Gasteiger partial charge is 0.0195 e. The average Bonchev–Trinajstić information content (AvgIpc) is 2.57. The van der Waals surface area contributed by atoms with E-state index in [4.69, 9.17) is 0 Å². The second kappa shape index (κ2) is 11.9. The van der Waals surface area contributed by atoms with Crippen LogP contribution in [0.25, 0.3) is 0 Å². The molecule has 1 aromatic rings. The van der Waals surface area contributed by atoms with Crippen LogP contribution >= 0.6 is 9.24 Å². The van der Waals surface area contributed by atoms with E-state index in [1.165, 1.54) is 63.4 Å². The van der Waals surface area contributed by atoms with Crippen molar-refractivity contribution in [2.24, 2.45) is 0 Å². The van der Waals surface area contributed by atoms with Crippen LogP contribution in [0.15, 0.2) is 41.5 Å². The lowest BCUT2D eigenvalue weighted by atomic mass is 9.89. The molecule has 22 heavy (non-hydrogen) atoms. The highest BCUT2D eigenvalue weighted by Crippen LogP contribution is 2.38. The molecular weight excluding hydrogens is 283 g/mol. The Morgan fingerprint density at radius 1 is 0.818 bits per heavy atom. The highest BCUT2D eigenvalue weighted by molar-refractivity contribution is 7.17. The molecule has 0 spiro atoms.